The van der Waals surface area contributed by atoms with Gasteiger partial charge in [-0.3, -0.25) is 4.90 Å². The first-order valence-corrected chi connectivity index (χ1v) is 5.84. The second-order valence-electron chi connectivity index (χ2n) is 4.18. The molecular formula is C12H23N3O. The molecule has 1 aliphatic rings. The third kappa shape index (κ3) is 3.94. The maximum absolute atomic E-state index is 5.20. The second kappa shape index (κ2) is 6.66. The maximum Gasteiger partial charge on any atom is 0.209 e. The van der Waals surface area contributed by atoms with Crippen LogP contribution in [0.4, 0.5) is 0 Å². The third-order valence-electron chi connectivity index (χ3n) is 2.96. The van der Waals surface area contributed by atoms with Crippen LogP contribution in [0, 0.1) is 0 Å². The van der Waals surface area contributed by atoms with Crippen LogP contribution in [0.3, 0.4) is 0 Å². The molecule has 0 bridgehead atoms. The number of likely N-dealkylation sites (N-methyl/N-ethyl adjacent to an activating group) is 1. The van der Waals surface area contributed by atoms with E-state index < -0.39 is 0 Å². The third-order valence-corrected chi connectivity index (χ3v) is 2.96. The molecular weight excluding hydrogens is 202 g/mol. The van der Waals surface area contributed by atoms with Gasteiger partial charge >= 0.3 is 0 Å². The molecule has 0 aromatic heterocycles. The average molecular weight is 225 g/mol. The maximum atomic E-state index is 5.20. The molecule has 0 saturated carbocycles. The van der Waals surface area contributed by atoms with E-state index >= 15 is 0 Å². The van der Waals surface area contributed by atoms with Gasteiger partial charge in [-0.1, -0.05) is 0 Å². The highest BCUT2D eigenvalue weighted by atomic mass is 16.5. The lowest BCUT2D eigenvalue weighted by molar-refractivity contribution is 0.134. The molecule has 16 heavy (non-hydrogen) atoms. The van der Waals surface area contributed by atoms with Gasteiger partial charge in [-0.15, -0.1) is 0 Å². The zero-order valence-electron chi connectivity index (χ0n) is 10.8. The van der Waals surface area contributed by atoms with Gasteiger partial charge in [0.25, 0.3) is 0 Å². The van der Waals surface area contributed by atoms with Crippen LogP contribution in [-0.2, 0) is 4.74 Å². The van der Waals surface area contributed by atoms with E-state index in [-0.39, 0.29) is 0 Å². The fourth-order valence-electron chi connectivity index (χ4n) is 1.83. The van der Waals surface area contributed by atoms with Crippen LogP contribution in [-0.4, -0.2) is 62.4 Å². The van der Waals surface area contributed by atoms with E-state index in [0.29, 0.717) is 11.9 Å². The number of ether oxygens (including phenoxy) is 1. The Labute approximate surface area is 98.6 Å². The summed E-state index contributed by atoms with van der Waals surface area (Å²) in [5.41, 5.74) is 0. The summed E-state index contributed by atoms with van der Waals surface area (Å²) in [6, 6.07) is 0.382. The number of piperazine rings is 1. The summed E-state index contributed by atoms with van der Waals surface area (Å²) in [4.78, 5) is 8.97. The van der Waals surface area contributed by atoms with Crippen molar-refractivity contribution in [2.24, 2.45) is 4.99 Å². The number of hydrogen-bond donors (Lipinski definition) is 0. The first kappa shape index (κ1) is 13.2. The highest BCUT2D eigenvalue weighted by Gasteiger charge is 2.18. The minimum atomic E-state index is 0.382. The van der Waals surface area contributed by atoms with Gasteiger partial charge in [0.15, 0.2) is 0 Å². The minimum absolute atomic E-state index is 0.382. The normalized spacial score (nSPS) is 22.6. The fraction of sp³-hybridized carbons (Fsp3) is 0.750. The molecule has 1 rings (SSSR count). The molecule has 1 fully saturated rings. The van der Waals surface area contributed by atoms with Crippen LogP contribution < -0.4 is 0 Å². The summed E-state index contributed by atoms with van der Waals surface area (Å²) in [5, 5.41) is 0. The Balaban J connectivity index is 2.53. The number of nitrogens with zero attached hydrogens (tertiary/aromatic N) is 3. The molecule has 1 saturated heterocycles. The quantitative estimate of drug-likeness (QED) is 0.531. The Morgan fingerprint density at radius 3 is 2.44 bits per heavy atom. The molecule has 0 aromatic carbocycles. The molecule has 1 aliphatic heterocycles. The van der Waals surface area contributed by atoms with Crippen molar-refractivity contribution in [3.63, 3.8) is 0 Å². The molecule has 0 aromatic rings. The van der Waals surface area contributed by atoms with Crippen LogP contribution in [0.15, 0.2) is 17.0 Å². The molecule has 0 spiro atoms. The van der Waals surface area contributed by atoms with Gasteiger partial charge in [-0.05, 0) is 27.0 Å². The van der Waals surface area contributed by atoms with Gasteiger partial charge < -0.3 is 9.64 Å². The van der Waals surface area contributed by atoms with Crippen molar-refractivity contribution < 1.29 is 4.74 Å². The zero-order chi connectivity index (χ0) is 12.0. The summed E-state index contributed by atoms with van der Waals surface area (Å²) in [6.07, 6.45) is 3.83. The smallest absolute Gasteiger partial charge is 0.209 e. The lowest BCUT2D eigenvalue weighted by atomic mass is 10.2. The molecule has 0 amide bonds. The number of methoxy groups -OCH3 is 1. The molecule has 92 valence electrons. The van der Waals surface area contributed by atoms with Crippen molar-refractivity contribution in [2.45, 2.75) is 19.9 Å². The summed E-state index contributed by atoms with van der Waals surface area (Å²) in [6.45, 7) is 8.58. The van der Waals surface area contributed by atoms with E-state index in [1.165, 1.54) is 0 Å². The highest BCUT2D eigenvalue weighted by molar-refractivity contribution is 5.54. The van der Waals surface area contributed by atoms with Crippen LogP contribution in [0.2, 0.25) is 0 Å². The van der Waals surface area contributed by atoms with Crippen molar-refractivity contribution >= 4 is 6.21 Å². The van der Waals surface area contributed by atoms with Crippen molar-refractivity contribution in [3.05, 3.63) is 12.0 Å². The van der Waals surface area contributed by atoms with Gasteiger partial charge in [-0.2, -0.15) is 0 Å². The first-order valence-electron chi connectivity index (χ1n) is 5.84. The van der Waals surface area contributed by atoms with Crippen LogP contribution >= 0.6 is 0 Å². The average Bonchev–Trinajstić information content (AvgIpc) is 2.29. The van der Waals surface area contributed by atoms with Gasteiger partial charge in [-0.25, -0.2) is 4.99 Å². The fourth-order valence-corrected chi connectivity index (χ4v) is 1.83. The molecule has 4 nitrogen and oxygen atoms in total. The first-order chi connectivity index (χ1) is 7.67. The Hall–Kier alpha value is -0.870. The highest BCUT2D eigenvalue weighted by Crippen LogP contribution is 2.09. The number of rotatable bonds is 4. The van der Waals surface area contributed by atoms with Crippen LogP contribution in [0.1, 0.15) is 13.8 Å². The predicted octanol–water partition coefficient (Wildman–Crippen LogP) is 1.20. The van der Waals surface area contributed by atoms with Crippen LogP contribution in [0.25, 0.3) is 0 Å². The van der Waals surface area contributed by atoms with Crippen LogP contribution in [0.5, 0.6) is 0 Å². The lowest BCUT2D eigenvalue weighted by Gasteiger charge is -2.35. The SMILES string of the molecule is C/C=N\C(=C/C(C)N1CCN(C)CC1)OC. The van der Waals surface area contributed by atoms with E-state index in [9.17, 15) is 0 Å². The van der Waals surface area contributed by atoms with Gasteiger partial charge in [0.2, 0.25) is 5.88 Å². The molecule has 1 unspecified atom stereocenters. The van der Waals surface area contributed by atoms with E-state index in [1.807, 2.05) is 6.92 Å². The molecule has 1 heterocycles. The van der Waals surface area contributed by atoms with E-state index in [2.05, 4.69) is 34.8 Å². The summed E-state index contributed by atoms with van der Waals surface area (Å²) >= 11 is 0. The Bertz CT molecular complexity index is 255. The van der Waals surface area contributed by atoms with Crippen molar-refractivity contribution in [3.8, 4) is 0 Å². The summed E-state index contributed by atoms with van der Waals surface area (Å²) < 4.78 is 5.20. The zero-order valence-corrected chi connectivity index (χ0v) is 10.8. The Morgan fingerprint density at radius 2 is 1.94 bits per heavy atom. The standard InChI is InChI=1S/C12H23N3O/c1-5-13-12(16-4)10-11(2)15-8-6-14(3)7-9-15/h5,10-11H,6-9H2,1-4H3/b12-10+,13-5-. The molecule has 0 N–H and O–H groups in total. The Kier molecular flexibility index (Phi) is 5.49. The largest absolute Gasteiger partial charge is 0.481 e. The van der Waals surface area contributed by atoms with E-state index in [4.69, 9.17) is 4.74 Å². The summed E-state index contributed by atoms with van der Waals surface area (Å²) in [5.74, 6) is 0.703. The molecule has 0 radical (unpaired) electrons. The van der Waals surface area contributed by atoms with Crippen molar-refractivity contribution in [1.82, 2.24) is 9.80 Å². The Morgan fingerprint density at radius 1 is 1.31 bits per heavy atom. The van der Waals surface area contributed by atoms with Gasteiger partial charge in [0.1, 0.15) is 0 Å². The topological polar surface area (TPSA) is 28.1 Å². The predicted molar refractivity (Wildman–Crippen MR) is 67.8 cm³/mol. The lowest BCUT2D eigenvalue weighted by Crippen LogP contribution is -2.47. The van der Waals surface area contributed by atoms with E-state index in [0.717, 1.165) is 26.2 Å². The van der Waals surface area contributed by atoms with E-state index in [1.54, 1.807) is 13.3 Å². The van der Waals surface area contributed by atoms with Crippen molar-refractivity contribution in [2.75, 3.05) is 40.3 Å². The van der Waals surface area contributed by atoms with Gasteiger partial charge in [0, 0.05) is 38.4 Å². The number of hydrogen-bond acceptors (Lipinski definition) is 4. The molecule has 4 heteroatoms. The van der Waals surface area contributed by atoms with Crippen molar-refractivity contribution in [1.29, 1.82) is 0 Å². The minimum Gasteiger partial charge on any atom is -0.481 e. The monoisotopic (exact) mass is 225 g/mol. The summed E-state index contributed by atoms with van der Waals surface area (Å²) in [7, 11) is 3.83. The van der Waals surface area contributed by atoms with Gasteiger partial charge in [0.05, 0.1) is 7.11 Å². The molecule has 0 aliphatic carbocycles. The number of aliphatic imine (C=N–C) groups is 1. The molecule has 1 atom stereocenters. The second-order valence-corrected chi connectivity index (χ2v) is 4.18.